The van der Waals surface area contributed by atoms with Crippen molar-refractivity contribution in [2.45, 2.75) is 27.7 Å². The second-order valence-electron chi connectivity index (χ2n) is 7.15. The van der Waals surface area contributed by atoms with Gasteiger partial charge in [-0.2, -0.15) is 0 Å². The highest BCUT2D eigenvalue weighted by molar-refractivity contribution is 6.00. The van der Waals surface area contributed by atoms with Gasteiger partial charge in [0.25, 0.3) is 0 Å². The average molecular weight is 353 g/mol. The van der Waals surface area contributed by atoms with Gasteiger partial charge in [0.1, 0.15) is 0 Å². The van der Waals surface area contributed by atoms with E-state index in [1.54, 1.807) is 42.5 Å². The molecule has 0 atom stereocenters. The molecule has 0 aliphatic carbocycles. The Hall–Kier alpha value is -2.95. The number of ether oxygens (including phenoxy) is 1. The Morgan fingerprint density at radius 3 is 2.19 bits per heavy atom. The van der Waals surface area contributed by atoms with Crippen LogP contribution in [0, 0.1) is 12.3 Å². The van der Waals surface area contributed by atoms with Crippen LogP contribution in [0.5, 0.6) is 0 Å². The molecular formula is C21H23NO4. The third-order valence-electron chi connectivity index (χ3n) is 3.73. The number of carbonyl (C=O) groups excluding carboxylic acids is 3. The first kappa shape index (κ1) is 19.4. The number of rotatable bonds is 5. The summed E-state index contributed by atoms with van der Waals surface area (Å²) in [6, 6.07) is 13.5. The minimum Gasteiger partial charge on any atom is -0.454 e. The molecule has 2 aromatic carbocycles. The van der Waals surface area contributed by atoms with E-state index < -0.39 is 11.4 Å². The summed E-state index contributed by atoms with van der Waals surface area (Å²) < 4.78 is 5.08. The molecule has 5 nitrogen and oxygen atoms in total. The molecule has 5 heteroatoms. The van der Waals surface area contributed by atoms with Crippen LogP contribution >= 0.6 is 0 Å². The van der Waals surface area contributed by atoms with Gasteiger partial charge in [0.2, 0.25) is 5.91 Å². The van der Waals surface area contributed by atoms with Gasteiger partial charge < -0.3 is 10.1 Å². The van der Waals surface area contributed by atoms with Crippen molar-refractivity contribution in [3.63, 3.8) is 0 Å². The van der Waals surface area contributed by atoms with E-state index in [9.17, 15) is 14.4 Å². The number of anilines is 1. The number of esters is 1. The third kappa shape index (κ3) is 5.28. The molecule has 0 bridgehead atoms. The molecule has 1 amide bonds. The van der Waals surface area contributed by atoms with Crippen LogP contribution in [0.25, 0.3) is 0 Å². The molecule has 0 fully saturated rings. The largest absolute Gasteiger partial charge is 0.454 e. The van der Waals surface area contributed by atoms with E-state index in [2.05, 4.69) is 5.32 Å². The number of hydrogen-bond donors (Lipinski definition) is 1. The lowest BCUT2D eigenvalue weighted by molar-refractivity contribution is -0.123. The Labute approximate surface area is 153 Å². The zero-order valence-corrected chi connectivity index (χ0v) is 15.5. The molecule has 2 rings (SSSR count). The van der Waals surface area contributed by atoms with E-state index in [1.165, 1.54) is 0 Å². The van der Waals surface area contributed by atoms with Gasteiger partial charge in [-0.15, -0.1) is 0 Å². The molecule has 2 aromatic rings. The molecule has 0 saturated heterocycles. The topological polar surface area (TPSA) is 72.5 Å². The number of nitrogens with one attached hydrogen (secondary N) is 1. The zero-order valence-electron chi connectivity index (χ0n) is 15.5. The van der Waals surface area contributed by atoms with Crippen LogP contribution in [-0.4, -0.2) is 24.3 Å². The molecule has 0 unspecified atom stereocenters. The van der Waals surface area contributed by atoms with Crippen molar-refractivity contribution in [1.29, 1.82) is 0 Å². The number of ketones is 1. The smallest absolute Gasteiger partial charge is 0.338 e. The van der Waals surface area contributed by atoms with Crippen LogP contribution in [0.15, 0.2) is 48.5 Å². The Balaban J connectivity index is 1.93. The van der Waals surface area contributed by atoms with Crippen molar-refractivity contribution in [3.8, 4) is 0 Å². The van der Waals surface area contributed by atoms with Crippen molar-refractivity contribution in [3.05, 3.63) is 65.2 Å². The number of aryl methyl sites for hydroxylation is 1. The van der Waals surface area contributed by atoms with Crippen LogP contribution in [0.4, 0.5) is 5.69 Å². The predicted octanol–water partition coefficient (Wildman–Crippen LogP) is 4.02. The fourth-order valence-electron chi connectivity index (χ4n) is 2.13. The molecule has 0 aromatic heterocycles. The SMILES string of the molecule is Cc1cccc(C(=O)OCC(=O)c2ccc(NC(=O)C(C)(C)C)cc2)c1. The lowest BCUT2D eigenvalue weighted by Crippen LogP contribution is -2.27. The summed E-state index contributed by atoms with van der Waals surface area (Å²) >= 11 is 0. The van der Waals surface area contributed by atoms with Crippen LogP contribution in [0.3, 0.4) is 0 Å². The van der Waals surface area contributed by atoms with Gasteiger partial charge >= 0.3 is 5.97 Å². The maximum Gasteiger partial charge on any atom is 0.338 e. The number of amides is 1. The van der Waals surface area contributed by atoms with E-state index in [0.29, 0.717) is 16.8 Å². The summed E-state index contributed by atoms with van der Waals surface area (Å²) in [6.45, 7) is 7.01. The summed E-state index contributed by atoms with van der Waals surface area (Å²) in [5.74, 6) is -0.945. The summed E-state index contributed by atoms with van der Waals surface area (Å²) in [4.78, 5) is 36.1. The lowest BCUT2D eigenvalue weighted by atomic mass is 9.95. The van der Waals surface area contributed by atoms with Crippen molar-refractivity contribution in [2.75, 3.05) is 11.9 Å². The molecule has 0 saturated carbocycles. The monoisotopic (exact) mass is 353 g/mol. The highest BCUT2D eigenvalue weighted by Gasteiger charge is 2.21. The van der Waals surface area contributed by atoms with Crippen molar-refractivity contribution in [2.24, 2.45) is 5.41 Å². The van der Waals surface area contributed by atoms with Crippen molar-refractivity contribution >= 4 is 23.3 Å². The van der Waals surface area contributed by atoms with Crippen LogP contribution in [0.2, 0.25) is 0 Å². The molecule has 0 heterocycles. The zero-order chi connectivity index (χ0) is 19.3. The van der Waals surface area contributed by atoms with E-state index in [4.69, 9.17) is 4.74 Å². The molecule has 0 aliphatic rings. The number of hydrogen-bond acceptors (Lipinski definition) is 4. The first-order chi connectivity index (χ1) is 12.2. The third-order valence-corrected chi connectivity index (χ3v) is 3.73. The van der Waals surface area contributed by atoms with Gasteiger partial charge in [-0.3, -0.25) is 9.59 Å². The second-order valence-corrected chi connectivity index (χ2v) is 7.15. The fraction of sp³-hybridized carbons (Fsp3) is 0.286. The maximum absolute atomic E-state index is 12.2. The quantitative estimate of drug-likeness (QED) is 0.651. The molecule has 0 aliphatic heterocycles. The molecule has 0 radical (unpaired) electrons. The van der Waals surface area contributed by atoms with E-state index >= 15 is 0 Å². The summed E-state index contributed by atoms with van der Waals surface area (Å²) in [5, 5.41) is 2.79. The average Bonchev–Trinajstić information content (AvgIpc) is 2.59. The first-order valence-corrected chi connectivity index (χ1v) is 8.35. The maximum atomic E-state index is 12.2. The lowest BCUT2D eigenvalue weighted by Gasteiger charge is -2.17. The Kier molecular flexibility index (Phi) is 5.93. The Bertz CT molecular complexity index is 817. The summed E-state index contributed by atoms with van der Waals surface area (Å²) in [7, 11) is 0. The van der Waals surface area contributed by atoms with E-state index in [1.807, 2.05) is 33.8 Å². The highest BCUT2D eigenvalue weighted by Crippen LogP contribution is 2.18. The van der Waals surface area contributed by atoms with Crippen molar-refractivity contribution in [1.82, 2.24) is 0 Å². The van der Waals surface area contributed by atoms with Crippen molar-refractivity contribution < 1.29 is 19.1 Å². The molecule has 0 spiro atoms. The second kappa shape index (κ2) is 7.95. The van der Waals surface area contributed by atoms with Crippen LogP contribution in [0.1, 0.15) is 47.1 Å². The van der Waals surface area contributed by atoms with E-state index in [-0.39, 0.29) is 18.3 Å². The predicted molar refractivity (Wildman–Crippen MR) is 100 cm³/mol. The number of Topliss-reactive ketones (excluding diaryl/α,β-unsaturated/α-hetero) is 1. The first-order valence-electron chi connectivity index (χ1n) is 8.35. The van der Waals surface area contributed by atoms with Gasteiger partial charge in [-0.05, 0) is 43.3 Å². The standard InChI is InChI=1S/C21H23NO4/c1-14-6-5-7-16(12-14)19(24)26-13-18(23)15-8-10-17(11-9-15)22-20(25)21(2,3)4/h5-12H,13H2,1-4H3,(H,22,25). The number of benzene rings is 2. The Morgan fingerprint density at radius 2 is 1.62 bits per heavy atom. The molecular weight excluding hydrogens is 330 g/mol. The normalized spacial score (nSPS) is 10.9. The van der Waals surface area contributed by atoms with Crippen LogP contribution in [-0.2, 0) is 9.53 Å². The minimum atomic E-state index is -0.531. The van der Waals surface area contributed by atoms with Gasteiger partial charge in [-0.25, -0.2) is 4.79 Å². The molecule has 26 heavy (non-hydrogen) atoms. The minimum absolute atomic E-state index is 0.108. The Morgan fingerprint density at radius 1 is 0.962 bits per heavy atom. The number of carbonyl (C=O) groups is 3. The van der Waals surface area contributed by atoms with Gasteiger partial charge in [0.15, 0.2) is 12.4 Å². The highest BCUT2D eigenvalue weighted by atomic mass is 16.5. The summed E-state index contributed by atoms with van der Waals surface area (Å²) in [5.41, 5.74) is 1.88. The van der Waals surface area contributed by atoms with E-state index in [0.717, 1.165) is 5.56 Å². The summed E-state index contributed by atoms with van der Waals surface area (Å²) in [6.07, 6.45) is 0. The van der Waals surface area contributed by atoms with Gasteiger partial charge in [0, 0.05) is 16.7 Å². The van der Waals surface area contributed by atoms with Gasteiger partial charge in [0.05, 0.1) is 5.56 Å². The fourth-order valence-corrected chi connectivity index (χ4v) is 2.13. The van der Waals surface area contributed by atoms with Crippen LogP contribution < -0.4 is 5.32 Å². The molecule has 1 N–H and O–H groups in total. The van der Waals surface area contributed by atoms with Gasteiger partial charge in [-0.1, -0.05) is 38.5 Å². The molecule has 136 valence electrons.